The second kappa shape index (κ2) is 6.67. The van der Waals surface area contributed by atoms with Gasteiger partial charge in [-0.25, -0.2) is 0 Å². The van der Waals surface area contributed by atoms with Crippen molar-refractivity contribution in [3.63, 3.8) is 0 Å². The third-order valence-electron chi connectivity index (χ3n) is 9.93. The first kappa shape index (κ1) is 20.2. The number of pyridine rings is 1. The fourth-order valence-electron chi connectivity index (χ4n) is 8.10. The molecule has 1 aromatic carbocycles. The van der Waals surface area contributed by atoms with E-state index in [-0.39, 0.29) is 16.6 Å². The summed E-state index contributed by atoms with van der Waals surface area (Å²) in [6, 6.07) is 9.65. The molecule has 2 aliphatic heterocycles. The van der Waals surface area contributed by atoms with Crippen LogP contribution in [0.5, 0.6) is 0 Å². The van der Waals surface area contributed by atoms with Crippen molar-refractivity contribution in [2.45, 2.75) is 69.1 Å². The lowest BCUT2D eigenvalue weighted by Crippen LogP contribution is -2.54. The lowest BCUT2D eigenvalue weighted by molar-refractivity contribution is -0.134. The number of hydrogen-bond acceptors (Lipinski definition) is 3. The van der Waals surface area contributed by atoms with E-state index in [0.29, 0.717) is 12.0 Å². The van der Waals surface area contributed by atoms with Gasteiger partial charge in [-0.15, -0.1) is 0 Å². The smallest absolute Gasteiger partial charge is 0.0980 e. The van der Waals surface area contributed by atoms with Crippen molar-refractivity contribution in [3.05, 3.63) is 71.6 Å². The average Bonchev–Trinajstić information content (AvgIpc) is 3.33. The van der Waals surface area contributed by atoms with Crippen LogP contribution in [0, 0.1) is 11.3 Å². The summed E-state index contributed by atoms with van der Waals surface area (Å²) >= 11 is 0. The number of allylic oxidation sites excluding steroid dienone is 3. The van der Waals surface area contributed by atoms with Crippen LogP contribution in [-0.4, -0.2) is 41.2 Å². The third kappa shape index (κ3) is 2.61. The standard InChI is InChI=1S/C30H34N2O/c1-28-12-10-24-17-23-6-7-25(32(2)3)18-29(23)13-14-30(24,33-29)27(28)9-8-26(28)21-5-4-20-11-15-31-19-22(20)16-21/h4-5,8,10-11,15-17,19,25,27H,6-7,9,12-14,18H2,1-3H3/t25-,27+,28+,29?,30+/m0/s1. The molecule has 1 saturated carbocycles. The zero-order valence-electron chi connectivity index (χ0n) is 20.1. The van der Waals surface area contributed by atoms with Gasteiger partial charge >= 0.3 is 0 Å². The number of hydrogen-bond donors (Lipinski definition) is 0. The third-order valence-corrected chi connectivity index (χ3v) is 9.93. The second-order valence-electron chi connectivity index (χ2n) is 11.6. The Balaban J connectivity index is 1.28. The van der Waals surface area contributed by atoms with Gasteiger partial charge in [0.25, 0.3) is 0 Å². The van der Waals surface area contributed by atoms with Gasteiger partial charge in [-0.3, -0.25) is 4.98 Å². The second-order valence-corrected chi connectivity index (χ2v) is 11.6. The van der Waals surface area contributed by atoms with Crippen molar-refractivity contribution in [2.24, 2.45) is 11.3 Å². The van der Waals surface area contributed by atoms with Crippen molar-refractivity contribution < 1.29 is 4.74 Å². The Morgan fingerprint density at radius 3 is 2.88 bits per heavy atom. The normalized spacial score (nSPS) is 39.0. The molecule has 170 valence electrons. The predicted octanol–water partition coefficient (Wildman–Crippen LogP) is 6.32. The largest absolute Gasteiger partial charge is 0.359 e. The molecule has 2 bridgehead atoms. The predicted molar refractivity (Wildman–Crippen MR) is 134 cm³/mol. The fourth-order valence-corrected chi connectivity index (χ4v) is 8.10. The molecule has 2 aromatic rings. The maximum atomic E-state index is 7.39. The molecule has 1 unspecified atom stereocenters. The van der Waals surface area contributed by atoms with Crippen LogP contribution in [0.1, 0.15) is 57.4 Å². The fraction of sp³-hybridized carbons (Fsp3) is 0.500. The Morgan fingerprint density at radius 2 is 2.00 bits per heavy atom. The van der Waals surface area contributed by atoms with Gasteiger partial charge in [0.05, 0.1) is 11.2 Å². The number of rotatable bonds is 2. The average molecular weight is 439 g/mol. The van der Waals surface area contributed by atoms with Gasteiger partial charge in [-0.05, 0) is 98.8 Å². The quantitative estimate of drug-likeness (QED) is 0.549. The maximum Gasteiger partial charge on any atom is 0.0980 e. The van der Waals surface area contributed by atoms with E-state index in [1.807, 2.05) is 12.4 Å². The van der Waals surface area contributed by atoms with Crippen molar-refractivity contribution in [2.75, 3.05) is 14.1 Å². The molecule has 0 N–H and O–H groups in total. The lowest BCUT2D eigenvalue weighted by atomic mass is 9.58. The minimum atomic E-state index is -0.110. The number of benzene rings is 1. The van der Waals surface area contributed by atoms with E-state index in [2.05, 4.69) is 73.4 Å². The van der Waals surface area contributed by atoms with Gasteiger partial charge in [0.2, 0.25) is 0 Å². The molecule has 0 radical (unpaired) electrons. The molecule has 1 saturated heterocycles. The van der Waals surface area contributed by atoms with Crippen LogP contribution in [0.4, 0.5) is 0 Å². The summed E-state index contributed by atoms with van der Waals surface area (Å²) in [4.78, 5) is 6.78. The molecular formula is C30H34N2O. The molecule has 3 heterocycles. The summed E-state index contributed by atoms with van der Waals surface area (Å²) in [5.74, 6) is 0.515. The minimum absolute atomic E-state index is 0.0276. The summed E-state index contributed by atoms with van der Waals surface area (Å²) in [5.41, 5.74) is 5.93. The highest BCUT2D eigenvalue weighted by atomic mass is 16.5. The molecule has 1 aromatic heterocycles. The van der Waals surface area contributed by atoms with Crippen LogP contribution < -0.4 is 0 Å². The van der Waals surface area contributed by atoms with Crippen LogP contribution in [0.3, 0.4) is 0 Å². The maximum absolute atomic E-state index is 7.39. The first-order chi connectivity index (χ1) is 15.9. The van der Waals surface area contributed by atoms with Crippen LogP contribution in [0.15, 0.2) is 66.0 Å². The summed E-state index contributed by atoms with van der Waals surface area (Å²) in [6.07, 6.45) is 19.7. The first-order valence-corrected chi connectivity index (χ1v) is 12.8. The Morgan fingerprint density at radius 1 is 1.09 bits per heavy atom. The summed E-state index contributed by atoms with van der Waals surface area (Å²) in [7, 11) is 4.47. The molecule has 7 rings (SSSR count). The van der Waals surface area contributed by atoms with E-state index < -0.39 is 0 Å². The highest BCUT2D eigenvalue weighted by Crippen LogP contribution is 2.67. The van der Waals surface area contributed by atoms with Gasteiger partial charge in [-0.1, -0.05) is 37.3 Å². The highest BCUT2D eigenvalue weighted by Gasteiger charge is 2.65. The molecule has 5 aliphatic rings. The summed E-state index contributed by atoms with van der Waals surface area (Å²) < 4.78 is 7.39. The van der Waals surface area contributed by atoms with Crippen molar-refractivity contribution in [1.82, 2.24) is 9.88 Å². The Labute approximate surface area is 197 Å². The van der Waals surface area contributed by atoms with Gasteiger partial charge in [-0.2, -0.15) is 0 Å². The van der Waals surface area contributed by atoms with E-state index in [0.717, 1.165) is 19.3 Å². The van der Waals surface area contributed by atoms with E-state index >= 15 is 0 Å². The lowest BCUT2D eigenvalue weighted by Gasteiger charge is -2.54. The van der Waals surface area contributed by atoms with Gasteiger partial charge < -0.3 is 9.64 Å². The van der Waals surface area contributed by atoms with E-state index in [4.69, 9.17) is 4.74 Å². The van der Waals surface area contributed by atoms with Gasteiger partial charge in [0.15, 0.2) is 0 Å². The topological polar surface area (TPSA) is 25.4 Å². The van der Waals surface area contributed by atoms with Crippen molar-refractivity contribution >= 4 is 16.3 Å². The number of fused-ring (bicyclic) bond motifs is 2. The van der Waals surface area contributed by atoms with E-state index in [1.165, 1.54) is 53.2 Å². The zero-order valence-corrected chi connectivity index (χ0v) is 20.1. The summed E-state index contributed by atoms with van der Waals surface area (Å²) in [6.45, 7) is 2.50. The number of nitrogens with zero attached hydrogens (tertiary/aromatic N) is 2. The Hall–Kier alpha value is -2.23. The van der Waals surface area contributed by atoms with Crippen LogP contribution in [0.25, 0.3) is 16.3 Å². The van der Waals surface area contributed by atoms with E-state index in [1.54, 1.807) is 5.57 Å². The zero-order chi connectivity index (χ0) is 22.4. The monoisotopic (exact) mass is 438 g/mol. The van der Waals surface area contributed by atoms with Crippen molar-refractivity contribution in [1.29, 1.82) is 0 Å². The van der Waals surface area contributed by atoms with Crippen LogP contribution in [-0.2, 0) is 4.74 Å². The molecule has 2 spiro atoms. The van der Waals surface area contributed by atoms with E-state index in [9.17, 15) is 0 Å². The molecule has 3 heteroatoms. The molecule has 3 aliphatic carbocycles. The highest BCUT2D eigenvalue weighted by molar-refractivity contribution is 5.87. The number of ether oxygens (including phenoxy) is 1. The Bertz CT molecular complexity index is 1250. The van der Waals surface area contributed by atoms with Crippen molar-refractivity contribution in [3.8, 4) is 0 Å². The van der Waals surface area contributed by atoms with Crippen LogP contribution >= 0.6 is 0 Å². The molecular weight excluding hydrogens is 404 g/mol. The SMILES string of the molecule is CN(C)[C@H]1CCC2=CC3=CC[C@]4(C)C(c5ccc6ccncc6c5)=CC[C@H]4[C@@]34CCC2(C1)O4. The minimum Gasteiger partial charge on any atom is -0.359 e. The molecule has 5 atom stereocenters. The molecule has 2 fully saturated rings. The molecule has 0 amide bonds. The first-order valence-electron chi connectivity index (χ1n) is 12.8. The molecule has 3 nitrogen and oxygen atoms in total. The summed E-state index contributed by atoms with van der Waals surface area (Å²) in [5, 5.41) is 2.49. The van der Waals surface area contributed by atoms with Crippen LogP contribution in [0.2, 0.25) is 0 Å². The number of aromatic nitrogens is 1. The van der Waals surface area contributed by atoms with Gasteiger partial charge in [0.1, 0.15) is 0 Å². The molecule has 33 heavy (non-hydrogen) atoms. The van der Waals surface area contributed by atoms with Gasteiger partial charge in [0, 0.05) is 35.2 Å². The Kier molecular flexibility index (Phi) is 4.08.